The maximum absolute atomic E-state index is 10.8. The highest BCUT2D eigenvalue weighted by atomic mass is 16.8. The summed E-state index contributed by atoms with van der Waals surface area (Å²) in [4.78, 5) is 10.8. The summed E-state index contributed by atoms with van der Waals surface area (Å²) in [6.45, 7) is 5.09. The van der Waals surface area contributed by atoms with Gasteiger partial charge >= 0.3 is 5.97 Å². The van der Waals surface area contributed by atoms with Crippen LogP contribution in [0.1, 0.15) is 20.8 Å². The highest BCUT2D eigenvalue weighted by Crippen LogP contribution is 2.22. The first-order chi connectivity index (χ1) is 4.02. The number of cyclic esters (lactones) is 1. The number of esters is 1. The van der Waals surface area contributed by atoms with Gasteiger partial charge in [-0.2, -0.15) is 0 Å². The Bertz CT molecular complexity index is 139. The molecule has 52 valence electrons. The van der Waals surface area contributed by atoms with Gasteiger partial charge in [0.25, 0.3) is 0 Å². The predicted molar refractivity (Wildman–Crippen MR) is 30.7 cm³/mol. The smallest absolute Gasteiger partial charge is 0.340 e. The van der Waals surface area contributed by atoms with Crippen LogP contribution in [0.4, 0.5) is 0 Å². The van der Waals surface area contributed by atoms with E-state index < -0.39 is 5.60 Å². The molecule has 3 nitrogen and oxygen atoms in total. The van der Waals surface area contributed by atoms with E-state index >= 15 is 0 Å². The number of hydrogen-bond acceptors (Lipinski definition) is 3. The lowest BCUT2D eigenvalue weighted by molar-refractivity contribution is -0.144. The van der Waals surface area contributed by atoms with Crippen molar-refractivity contribution in [2.45, 2.75) is 32.7 Å². The average molecular weight is 130 g/mol. The zero-order valence-electron chi connectivity index (χ0n) is 5.80. The van der Waals surface area contributed by atoms with Crippen molar-refractivity contribution in [3.05, 3.63) is 0 Å². The van der Waals surface area contributed by atoms with E-state index in [9.17, 15) is 4.79 Å². The molecule has 0 bridgehead atoms. The molecule has 1 rings (SSSR count). The van der Waals surface area contributed by atoms with Gasteiger partial charge in [0.05, 0.1) is 0 Å². The third-order valence-corrected chi connectivity index (χ3v) is 1.23. The van der Waals surface area contributed by atoms with Gasteiger partial charge in [0, 0.05) is 0 Å². The summed E-state index contributed by atoms with van der Waals surface area (Å²) in [6.07, 6.45) is -0.382. The Hall–Kier alpha value is -0.570. The van der Waals surface area contributed by atoms with Crippen LogP contribution in [0.25, 0.3) is 0 Å². The standard InChI is InChI=1S/C6H10O3/c1-4-8-5(7)6(2,3)9-4/h4H,1-3H3. The third-order valence-electron chi connectivity index (χ3n) is 1.23. The van der Waals surface area contributed by atoms with E-state index in [0.717, 1.165) is 0 Å². The normalized spacial score (nSPS) is 32.3. The molecule has 0 N–H and O–H groups in total. The van der Waals surface area contributed by atoms with Gasteiger partial charge < -0.3 is 9.47 Å². The molecule has 1 unspecified atom stereocenters. The van der Waals surface area contributed by atoms with Gasteiger partial charge in [-0.3, -0.25) is 0 Å². The zero-order chi connectivity index (χ0) is 7.07. The third kappa shape index (κ3) is 1.05. The minimum atomic E-state index is -0.737. The fraction of sp³-hybridized carbons (Fsp3) is 0.833. The lowest BCUT2D eigenvalue weighted by atomic mass is 10.1. The van der Waals surface area contributed by atoms with Crippen LogP contribution in [0.15, 0.2) is 0 Å². The van der Waals surface area contributed by atoms with Crippen molar-refractivity contribution >= 4 is 5.97 Å². The van der Waals surface area contributed by atoms with E-state index in [2.05, 4.69) is 0 Å². The van der Waals surface area contributed by atoms with Gasteiger partial charge in [0.2, 0.25) is 6.29 Å². The molecule has 1 aliphatic rings. The van der Waals surface area contributed by atoms with Crippen molar-refractivity contribution in [2.75, 3.05) is 0 Å². The molecule has 1 fully saturated rings. The number of hydrogen-bond donors (Lipinski definition) is 0. The minimum absolute atomic E-state index is 0.282. The summed E-state index contributed by atoms with van der Waals surface area (Å²) in [5.74, 6) is -0.282. The average Bonchev–Trinajstić information content (AvgIpc) is 1.79. The van der Waals surface area contributed by atoms with Gasteiger partial charge in [-0.15, -0.1) is 0 Å². The van der Waals surface area contributed by atoms with E-state index in [1.54, 1.807) is 20.8 Å². The molecule has 0 aromatic heterocycles. The van der Waals surface area contributed by atoms with Crippen molar-refractivity contribution in [3.63, 3.8) is 0 Å². The summed E-state index contributed by atoms with van der Waals surface area (Å²) in [6, 6.07) is 0. The molecule has 0 aromatic rings. The summed E-state index contributed by atoms with van der Waals surface area (Å²) in [5.41, 5.74) is -0.737. The first kappa shape index (κ1) is 6.55. The van der Waals surface area contributed by atoms with E-state index in [0.29, 0.717) is 0 Å². The fourth-order valence-electron chi connectivity index (χ4n) is 0.780. The second-order valence-electron chi connectivity index (χ2n) is 2.60. The monoisotopic (exact) mass is 130 g/mol. The van der Waals surface area contributed by atoms with Crippen molar-refractivity contribution in [1.82, 2.24) is 0 Å². The van der Waals surface area contributed by atoms with E-state index in [-0.39, 0.29) is 12.3 Å². The first-order valence-corrected chi connectivity index (χ1v) is 2.91. The molecule has 1 atom stereocenters. The van der Waals surface area contributed by atoms with Crippen LogP contribution < -0.4 is 0 Å². The van der Waals surface area contributed by atoms with Gasteiger partial charge in [-0.25, -0.2) is 4.79 Å². The number of carbonyl (C=O) groups excluding carboxylic acids is 1. The van der Waals surface area contributed by atoms with Crippen molar-refractivity contribution in [3.8, 4) is 0 Å². The van der Waals surface area contributed by atoms with Crippen LogP contribution >= 0.6 is 0 Å². The number of rotatable bonds is 0. The van der Waals surface area contributed by atoms with Crippen molar-refractivity contribution < 1.29 is 14.3 Å². The maximum Gasteiger partial charge on any atom is 0.340 e. The molecule has 3 heteroatoms. The molecule has 0 aromatic carbocycles. The van der Waals surface area contributed by atoms with Gasteiger partial charge in [-0.1, -0.05) is 0 Å². The molecule has 0 amide bonds. The fourth-order valence-corrected chi connectivity index (χ4v) is 0.780. The lowest BCUT2D eigenvalue weighted by Gasteiger charge is -2.09. The van der Waals surface area contributed by atoms with E-state index in [1.165, 1.54) is 0 Å². The Labute approximate surface area is 53.9 Å². The molecular formula is C6H10O3. The first-order valence-electron chi connectivity index (χ1n) is 2.91. The molecule has 1 heterocycles. The Morgan fingerprint density at radius 3 is 2.22 bits per heavy atom. The zero-order valence-corrected chi connectivity index (χ0v) is 5.80. The summed E-state index contributed by atoms with van der Waals surface area (Å²) >= 11 is 0. The molecule has 0 saturated carbocycles. The van der Waals surface area contributed by atoms with Crippen LogP contribution in [-0.2, 0) is 14.3 Å². The number of ether oxygens (including phenoxy) is 2. The topological polar surface area (TPSA) is 35.5 Å². The quantitative estimate of drug-likeness (QED) is 0.452. The highest BCUT2D eigenvalue weighted by Gasteiger charge is 2.40. The van der Waals surface area contributed by atoms with E-state index in [1.807, 2.05) is 0 Å². The second kappa shape index (κ2) is 1.70. The summed E-state index contributed by atoms with van der Waals surface area (Å²) in [5, 5.41) is 0. The molecule has 0 aliphatic carbocycles. The second-order valence-corrected chi connectivity index (χ2v) is 2.60. The van der Waals surface area contributed by atoms with Crippen LogP contribution in [0, 0.1) is 0 Å². The van der Waals surface area contributed by atoms with Crippen LogP contribution in [0.5, 0.6) is 0 Å². The van der Waals surface area contributed by atoms with Crippen molar-refractivity contribution in [1.29, 1.82) is 0 Å². The highest BCUT2D eigenvalue weighted by molar-refractivity contribution is 5.79. The Balaban J connectivity index is 2.70. The van der Waals surface area contributed by atoms with Gasteiger partial charge in [-0.05, 0) is 20.8 Å². The maximum atomic E-state index is 10.8. The molecule has 0 spiro atoms. The van der Waals surface area contributed by atoms with Crippen LogP contribution in [-0.4, -0.2) is 17.9 Å². The van der Waals surface area contributed by atoms with Gasteiger partial charge in [0.15, 0.2) is 5.60 Å². The molecule has 1 aliphatic heterocycles. The van der Waals surface area contributed by atoms with Crippen LogP contribution in [0.3, 0.4) is 0 Å². The molecule has 1 saturated heterocycles. The Kier molecular flexibility index (Phi) is 1.24. The van der Waals surface area contributed by atoms with E-state index in [4.69, 9.17) is 9.47 Å². The minimum Gasteiger partial charge on any atom is -0.434 e. The molecular weight excluding hydrogens is 120 g/mol. The lowest BCUT2D eigenvalue weighted by Crippen LogP contribution is -2.27. The van der Waals surface area contributed by atoms with Crippen molar-refractivity contribution in [2.24, 2.45) is 0 Å². The van der Waals surface area contributed by atoms with Gasteiger partial charge in [0.1, 0.15) is 0 Å². The molecule has 0 radical (unpaired) electrons. The Morgan fingerprint density at radius 2 is 2.11 bits per heavy atom. The SMILES string of the molecule is CC1OC(=O)C(C)(C)O1. The predicted octanol–water partition coefficient (Wildman–Crippen LogP) is 0.684. The summed E-state index contributed by atoms with van der Waals surface area (Å²) in [7, 11) is 0. The van der Waals surface area contributed by atoms with Crippen LogP contribution in [0.2, 0.25) is 0 Å². The Morgan fingerprint density at radius 1 is 1.56 bits per heavy atom. The summed E-state index contributed by atoms with van der Waals surface area (Å²) < 4.78 is 9.80. The molecule has 9 heavy (non-hydrogen) atoms. The number of carbonyl (C=O) groups is 1. The largest absolute Gasteiger partial charge is 0.434 e.